The Balaban J connectivity index is 2.08. The average molecular weight is 228 g/mol. The Kier molecular flexibility index (Phi) is 3.34. The van der Waals surface area contributed by atoms with E-state index in [1.54, 1.807) is 0 Å². The van der Waals surface area contributed by atoms with Crippen LogP contribution in [-0.2, 0) is 14.7 Å². The largest absolute Gasteiger partial charge is 0.379 e. The maximum absolute atomic E-state index is 8.74. The van der Waals surface area contributed by atoms with Gasteiger partial charge in [0.25, 0.3) is 0 Å². The molecule has 2 rings (SSSR count). The summed E-state index contributed by atoms with van der Waals surface area (Å²) in [6.07, 6.45) is 0. The van der Waals surface area contributed by atoms with E-state index in [-0.39, 0.29) is 12.0 Å². The lowest BCUT2D eigenvalue weighted by Crippen LogP contribution is -2.50. The molecule has 1 saturated heterocycles. The smallest absolute Gasteiger partial charge is 0.327 e. The van der Waals surface area contributed by atoms with Crippen LogP contribution in [0.15, 0.2) is 30.3 Å². The Morgan fingerprint density at radius 1 is 1.27 bits per heavy atom. The second-order valence-corrected chi connectivity index (χ2v) is 4.43. The monoisotopic (exact) mass is 228 g/mol. The molecule has 1 aromatic rings. The molecule has 0 aliphatic carbocycles. The molecule has 0 aromatic heterocycles. The molecule has 1 heterocycles. The molecule has 1 fully saturated rings. The quantitative estimate of drug-likeness (QED) is 0.760. The fourth-order valence-electron chi connectivity index (χ4n) is 1.65. The molecule has 2 N–H and O–H groups in total. The Labute approximate surface area is 89.5 Å². The van der Waals surface area contributed by atoms with Gasteiger partial charge in [0.05, 0.1) is 25.2 Å². The zero-order chi connectivity index (χ0) is 10.7. The zero-order valence-electron chi connectivity index (χ0n) is 8.17. The summed E-state index contributed by atoms with van der Waals surface area (Å²) in [6, 6.07) is 9.86. The zero-order valence-corrected chi connectivity index (χ0v) is 9.06. The first-order valence-electron chi connectivity index (χ1n) is 4.67. The van der Waals surface area contributed by atoms with Gasteiger partial charge in [-0.3, -0.25) is 0 Å². The fraction of sp³-hybridized carbons (Fsp3) is 0.400. The third-order valence-corrected chi connectivity index (χ3v) is 2.96. The summed E-state index contributed by atoms with van der Waals surface area (Å²) in [4.78, 5) is 17.5. The Morgan fingerprint density at radius 2 is 1.93 bits per heavy atom. The number of rotatable bonds is 4. The maximum atomic E-state index is 8.74. The van der Waals surface area contributed by atoms with E-state index in [9.17, 15) is 0 Å². The summed E-state index contributed by atoms with van der Waals surface area (Å²) >= 11 is 0. The van der Waals surface area contributed by atoms with E-state index in [2.05, 4.69) is 0 Å². The Bertz CT molecular complexity index is 310. The van der Waals surface area contributed by atoms with Crippen LogP contribution in [0.2, 0.25) is 0 Å². The molecular formula is C10H13O4P. The lowest BCUT2D eigenvalue weighted by Gasteiger charge is -2.41. The predicted molar refractivity (Wildman–Crippen MR) is 56.2 cm³/mol. The third-order valence-electron chi connectivity index (χ3n) is 2.60. The average Bonchev–Trinajstić information content (AvgIpc) is 2.17. The highest BCUT2D eigenvalue weighted by Crippen LogP contribution is 2.36. The van der Waals surface area contributed by atoms with Crippen LogP contribution in [0.25, 0.3) is 0 Å². The topological polar surface area (TPSA) is 58.9 Å². The number of ether oxygens (including phenoxy) is 1. The molecule has 1 aliphatic rings. The van der Waals surface area contributed by atoms with Gasteiger partial charge in [0.15, 0.2) is 0 Å². The van der Waals surface area contributed by atoms with Crippen molar-refractivity contribution < 1.29 is 19.0 Å². The molecule has 1 aromatic carbocycles. The summed E-state index contributed by atoms with van der Waals surface area (Å²) < 4.78 is 10.1. The lowest BCUT2D eigenvalue weighted by molar-refractivity contribution is -0.0807. The van der Waals surface area contributed by atoms with Crippen molar-refractivity contribution in [3.63, 3.8) is 0 Å². The van der Waals surface area contributed by atoms with Crippen molar-refractivity contribution in [3.05, 3.63) is 35.9 Å². The molecule has 0 bridgehead atoms. The molecule has 0 spiro atoms. The fourth-order valence-corrected chi connectivity index (χ4v) is 2.02. The summed E-state index contributed by atoms with van der Waals surface area (Å²) in [7, 11) is -2.28. The van der Waals surface area contributed by atoms with Crippen molar-refractivity contribution in [3.8, 4) is 0 Å². The van der Waals surface area contributed by atoms with Gasteiger partial charge in [-0.15, -0.1) is 0 Å². The van der Waals surface area contributed by atoms with Crippen LogP contribution < -0.4 is 0 Å². The maximum Gasteiger partial charge on any atom is 0.327 e. The second kappa shape index (κ2) is 4.56. The first-order chi connectivity index (χ1) is 7.23. The Morgan fingerprint density at radius 3 is 2.40 bits per heavy atom. The van der Waals surface area contributed by atoms with Gasteiger partial charge in [0, 0.05) is 0 Å². The van der Waals surface area contributed by atoms with E-state index in [0.29, 0.717) is 13.2 Å². The molecule has 0 saturated carbocycles. The van der Waals surface area contributed by atoms with E-state index >= 15 is 0 Å². The van der Waals surface area contributed by atoms with Crippen molar-refractivity contribution in [2.24, 2.45) is 0 Å². The van der Waals surface area contributed by atoms with E-state index < -0.39 is 8.60 Å². The second-order valence-electron chi connectivity index (χ2n) is 3.67. The van der Waals surface area contributed by atoms with Crippen molar-refractivity contribution in [1.29, 1.82) is 0 Å². The molecule has 0 unspecified atom stereocenters. The van der Waals surface area contributed by atoms with Crippen molar-refractivity contribution in [1.82, 2.24) is 0 Å². The normalized spacial score (nSPS) is 18.9. The SMILES string of the molecule is OP(O)OCC1(c2ccccc2)COC1. The molecule has 0 amide bonds. The minimum Gasteiger partial charge on any atom is -0.379 e. The first-order valence-corrected chi connectivity index (χ1v) is 5.84. The van der Waals surface area contributed by atoms with Crippen LogP contribution in [0.5, 0.6) is 0 Å². The van der Waals surface area contributed by atoms with Crippen LogP contribution in [0.3, 0.4) is 0 Å². The van der Waals surface area contributed by atoms with Gasteiger partial charge in [0.2, 0.25) is 0 Å². The molecule has 5 heteroatoms. The van der Waals surface area contributed by atoms with Gasteiger partial charge in [-0.25, -0.2) is 0 Å². The summed E-state index contributed by atoms with van der Waals surface area (Å²) in [5.74, 6) is 0. The lowest BCUT2D eigenvalue weighted by atomic mass is 9.79. The van der Waals surface area contributed by atoms with E-state index in [0.717, 1.165) is 5.56 Å². The Hall–Kier alpha value is -0.510. The highest BCUT2D eigenvalue weighted by Gasteiger charge is 2.41. The van der Waals surface area contributed by atoms with Gasteiger partial charge in [0.1, 0.15) is 0 Å². The highest BCUT2D eigenvalue weighted by molar-refractivity contribution is 7.39. The number of hydrogen-bond donors (Lipinski definition) is 2. The van der Waals surface area contributed by atoms with Gasteiger partial charge >= 0.3 is 8.60 Å². The summed E-state index contributed by atoms with van der Waals surface area (Å²) in [5.41, 5.74) is 0.918. The van der Waals surface area contributed by atoms with Gasteiger partial charge in [-0.05, 0) is 5.56 Å². The van der Waals surface area contributed by atoms with Crippen LogP contribution in [0.1, 0.15) is 5.56 Å². The van der Waals surface area contributed by atoms with Gasteiger partial charge < -0.3 is 19.0 Å². The minimum absolute atomic E-state index is 0.201. The first kappa shape index (κ1) is 11.0. The van der Waals surface area contributed by atoms with Gasteiger partial charge in [-0.2, -0.15) is 0 Å². The molecule has 4 nitrogen and oxygen atoms in total. The van der Waals surface area contributed by atoms with Crippen LogP contribution in [0.4, 0.5) is 0 Å². The molecule has 82 valence electrons. The predicted octanol–water partition coefficient (Wildman–Crippen LogP) is 1.18. The van der Waals surface area contributed by atoms with Crippen LogP contribution in [0, 0.1) is 0 Å². The summed E-state index contributed by atoms with van der Waals surface area (Å²) in [6.45, 7) is 1.43. The number of benzene rings is 1. The van der Waals surface area contributed by atoms with E-state index in [1.807, 2.05) is 30.3 Å². The molecule has 15 heavy (non-hydrogen) atoms. The van der Waals surface area contributed by atoms with E-state index in [1.165, 1.54) is 0 Å². The van der Waals surface area contributed by atoms with Gasteiger partial charge in [-0.1, -0.05) is 30.3 Å². The van der Waals surface area contributed by atoms with Crippen LogP contribution in [-0.4, -0.2) is 29.6 Å². The van der Waals surface area contributed by atoms with Crippen LogP contribution >= 0.6 is 8.60 Å². The van der Waals surface area contributed by atoms with Crippen molar-refractivity contribution >= 4 is 8.60 Å². The standard InChI is InChI=1S/C10H13O4P/c11-15(12)14-8-10(6-13-7-10)9-4-2-1-3-5-9/h1-5,11-12H,6-8H2. The third kappa shape index (κ3) is 2.36. The summed E-state index contributed by atoms with van der Waals surface area (Å²) in [5, 5.41) is 0. The number of hydrogen-bond acceptors (Lipinski definition) is 4. The molecule has 0 atom stereocenters. The molecule has 0 radical (unpaired) electrons. The molecule has 1 aliphatic heterocycles. The minimum atomic E-state index is -2.28. The van der Waals surface area contributed by atoms with Crippen molar-refractivity contribution in [2.45, 2.75) is 5.41 Å². The van der Waals surface area contributed by atoms with E-state index in [4.69, 9.17) is 19.0 Å². The van der Waals surface area contributed by atoms with Crippen molar-refractivity contribution in [2.75, 3.05) is 19.8 Å². The molecular weight excluding hydrogens is 215 g/mol. The highest BCUT2D eigenvalue weighted by atomic mass is 31.2.